The van der Waals surface area contributed by atoms with E-state index in [1.165, 1.54) is 6.92 Å². The summed E-state index contributed by atoms with van der Waals surface area (Å²) < 4.78 is 76.3. The predicted octanol–water partition coefficient (Wildman–Crippen LogP) is 4.93. The fraction of sp³-hybridized carbons (Fsp3) is 0.167. The van der Waals surface area contributed by atoms with Crippen molar-refractivity contribution >= 4 is 17.5 Å². The van der Waals surface area contributed by atoms with E-state index in [1.54, 1.807) is 0 Å². The lowest BCUT2D eigenvalue weighted by molar-refractivity contribution is -0.141. The molecule has 0 saturated heterocycles. The van der Waals surface area contributed by atoms with Gasteiger partial charge < -0.3 is 14.9 Å². The second-order valence-electron chi connectivity index (χ2n) is 5.96. The second-order valence-corrected chi connectivity index (χ2v) is 6.31. The van der Waals surface area contributed by atoms with Crippen molar-refractivity contribution in [2.24, 2.45) is 5.73 Å². The second kappa shape index (κ2) is 7.90. The van der Waals surface area contributed by atoms with Crippen LogP contribution in [0.15, 0.2) is 34.9 Å². The van der Waals surface area contributed by atoms with Crippen LogP contribution in [0.2, 0.25) is 5.22 Å². The summed E-state index contributed by atoms with van der Waals surface area (Å²) in [5, 5.41) is -0.264. The summed E-state index contributed by atoms with van der Waals surface area (Å²) in [7, 11) is 0. The van der Waals surface area contributed by atoms with Crippen molar-refractivity contribution < 1.29 is 35.9 Å². The van der Waals surface area contributed by atoms with Gasteiger partial charge in [-0.25, -0.2) is 13.8 Å². The van der Waals surface area contributed by atoms with Gasteiger partial charge in [0.15, 0.2) is 17.7 Å². The summed E-state index contributed by atoms with van der Waals surface area (Å²) in [5.74, 6) is -4.43. The summed E-state index contributed by atoms with van der Waals surface area (Å²) in [4.78, 5) is 18.6. The van der Waals surface area contributed by atoms with Gasteiger partial charge in [0.2, 0.25) is 11.1 Å². The van der Waals surface area contributed by atoms with Gasteiger partial charge in [-0.3, -0.25) is 9.78 Å². The zero-order valence-electron chi connectivity index (χ0n) is 14.9. The van der Waals surface area contributed by atoms with Gasteiger partial charge in [0, 0.05) is 11.8 Å². The fourth-order valence-electron chi connectivity index (χ4n) is 2.46. The first kappa shape index (κ1) is 21.5. The minimum absolute atomic E-state index is 0.0132. The molecule has 2 aromatic heterocycles. The largest absolute Gasteiger partial charge is 0.478 e. The quantitative estimate of drug-likeness (QED) is 0.560. The Morgan fingerprint density at radius 3 is 2.50 bits per heavy atom. The molecule has 0 aliphatic rings. The topological polar surface area (TPSA) is 91.2 Å². The van der Waals surface area contributed by atoms with Crippen molar-refractivity contribution in [3.05, 3.63) is 64.5 Å². The van der Waals surface area contributed by atoms with Crippen LogP contribution < -0.4 is 10.5 Å². The van der Waals surface area contributed by atoms with Crippen LogP contribution in [0.3, 0.4) is 0 Å². The minimum atomic E-state index is -4.61. The molecule has 6 nitrogen and oxygen atoms in total. The van der Waals surface area contributed by atoms with Crippen LogP contribution in [0, 0.1) is 11.6 Å². The number of ether oxygens (including phenoxy) is 1. The Kier molecular flexibility index (Phi) is 5.66. The minimum Gasteiger partial charge on any atom is -0.478 e. The molecule has 1 unspecified atom stereocenters. The number of amides is 1. The molecule has 0 spiro atoms. The number of oxazole rings is 1. The molecule has 30 heavy (non-hydrogen) atoms. The number of halogens is 6. The Bertz CT molecular complexity index is 1100. The molecule has 0 radical (unpaired) electrons. The molecular formula is C18H11ClF5N3O3. The molecule has 0 fully saturated rings. The first-order valence-electron chi connectivity index (χ1n) is 8.13. The number of carbonyl (C=O) groups is 1. The van der Waals surface area contributed by atoms with Gasteiger partial charge in [-0.1, -0.05) is 0 Å². The van der Waals surface area contributed by atoms with E-state index in [9.17, 15) is 26.7 Å². The van der Waals surface area contributed by atoms with Crippen LogP contribution in [0.4, 0.5) is 22.0 Å². The number of alkyl halides is 3. The summed E-state index contributed by atoms with van der Waals surface area (Å²) in [6.45, 7) is 1.39. The third kappa shape index (κ3) is 4.20. The van der Waals surface area contributed by atoms with Crippen molar-refractivity contribution in [1.29, 1.82) is 0 Å². The zero-order valence-corrected chi connectivity index (χ0v) is 15.7. The first-order valence-corrected chi connectivity index (χ1v) is 8.51. The molecule has 3 aromatic rings. The lowest BCUT2D eigenvalue weighted by Crippen LogP contribution is -2.16. The normalized spacial score (nSPS) is 12.6. The number of benzene rings is 1. The highest BCUT2D eigenvalue weighted by molar-refractivity contribution is 6.31. The number of carbonyl (C=O) groups excluding carboxylic acids is 1. The summed E-state index contributed by atoms with van der Waals surface area (Å²) in [6.07, 6.45) is -4.76. The van der Waals surface area contributed by atoms with E-state index in [2.05, 4.69) is 9.97 Å². The Hall–Kier alpha value is -3.21. The van der Waals surface area contributed by atoms with Crippen molar-refractivity contribution in [2.75, 3.05) is 0 Å². The van der Waals surface area contributed by atoms with Crippen molar-refractivity contribution in [3.8, 4) is 17.0 Å². The third-order valence-corrected chi connectivity index (χ3v) is 4.14. The smallest absolute Gasteiger partial charge is 0.433 e. The highest BCUT2D eigenvalue weighted by Gasteiger charge is 2.32. The maximum Gasteiger partial charge on any atom is 0.433 e. The number of hydrogen-bond acceptors (Lipinski definition) is 5. The van der Waals surface area contributed by atoms with Crippen LogP contribution >= 0.6 is 11.6 Å². The summed E-state index contributed by atoms with van der Waals surface area (Å²) in [6, 6.07) is 3.60. The number of pyridine rings is 1. The molecule has 12 heteroatoms. The van der Waals surface area contributed by atoms with Crippen LogP contribution in [-0.4, -0.2) is 15.9 Å². The van der Waals surface area contributed by atoms with E-state index < -0.39 is 46.8 Å². The fourth-order valence-corrected chi connectivity index (χ4v) is 2.69. The molecule has 0 bridgehead atoms. The lowest BCUT2D eigenvalue weighted by Gasteiger charge is -2.13. The van der Waals surface area contributed by atoms with E-state index >= 15 is 0 Å². The standard InChI is InChI=1S/C18H11ClF5N3O3/c1-7(29-10-4-3-9(20)12(13(10)21)16(25)28)17-27-14(15(19)30-17)8-2-5-11(26-6-8)18(22,23)24/h2-7H,1H3,(H2,25,28). The Morgan fingerprint density at radius 1 is 1.23 bits per heavy atom. The first-order chi connectivity index (χ1) is 14.0. The van der Waals surface area contributed by atoms with Gasteiger partial charge >= 0.3 is 6.18 Å². The van der Waals surface area contributed by atoms with Crippen LogP contribution in [0.5, 0.6) is 5.75 Å². The van der Waals surface area contributed by atoms with E-state index in [-0.39, 0.29) is 22.4 Å². The molecule has 1 aromatic carbocycles. The Balaban J connectivity index is 1.87. The SMILES string of the molecule is CC(Oc1ccc(F)c(C(N)=O)c1F)c1nc(-c2ccc(C(F)(F)F)nc2)c(Cl)o1. The van der Waals surface area contributed by atoms with Crippen molar-refractivity contribution in [3.63, 3.8) is 0 Å². The Labute approximate surface area is 170 Å². The number of nitrogens with two attached hydrogens (primary N) is 1. The third-order valence-electron chi connectivity index (χ3n) is 3.88. The molecule has 0 aliphatic heterocycles. The average Bonchev–Trinajstić information content (AvgIpc) is 3.05. The molecule has 2 N–H and O–H groups in total. The van der Waals surface area contributed by atoms with E-state index in [0.29, 0.717) is 0 Å². The monoisotopic (exact) mass is 447 g/mol. The lowest BCUT2D eigenvalue weighted by atomic mass is 10.1. The van der Waals surface area contributed by atoms with Crippen LogP contribution in [0.25, 0.3) is 11.3 Å². The number of primary amides is 1. The van der Waals surface area contributed by atoms with Crippen LogP contribution in [0.1, 0.15) is 35.0 Å². The van der Waals surface area contributed by atoms with E-state index in [0.717, 1.165) is 30.5 Å². The molecule has 158 valence electrons. The molecule has 1 amide bonds. The molecular weight excluding hydrogens is 437 g/mol. The van der Waals surface area contributed by atoms with Crippen molar-refractivity contribution in [1.82, 2.24) is 9.97 Å². The van der Waals surface area contributed by atoms with Gasteiger partial charge in [0.25, 0.3) is 5.91 Å². The van der Waals surface area contributed by atoms with Gasteiger partial charge in [-0.15, -0.1) is 0 Å². The van der Waals surface area contributed by atoms with Crippen LogP contribution in [-0.2, 0) is 6.18 Å². The summed E-state index contributed by atoms with van der Waals surface area (Å²) in [5.41, 5.74) is 3.01. The number of rotatable bonds is 5. The highest BCUT2D eigenvalue weighted by atomic mass is 35.5. The van der Waals surface area contributed by atoms with Crippen molar-refractivity contribution in [2.45, 2.75) is 19.2 Å². The predicted molar refractivity (Wildman–Crippen MR) is 93.7 cm³/mol. The zero-order chi connectivity index (χ0) is 22.2. The number of nitrogens with zero attached hydrogens (tertiary/aromatic N) is 2. The highest BCUT2D eigenvalue weighted by Crippen LogP contribution is 2.34. The number of aromatic nitrogens is 2. The molecule has 3 rings (SSSR count). The van der Waals surface area contributed by atoms with E-state index in [4.69, 9.17) is 26.5 Å². The maximum atomic E-state index is 14.3. The number of hydrogen-bond donors (Lipinski definition) is 1. The van der Waals surface area contributed by atoms with Gasteiger partial charge in [-0.05, 0) is 42.8 Å². The van der Waals surface area contributed by atoms with E-state index in [1.807, 2.05) is 0 Å². The molecule has 0 aliphatic carbocycles. The molecule has 2 heterocycles. The summed E-state index contributed by atoms with van der Waals surface area (Å²) >= 11 is 5.96. The Morgan fingerprint density at radius 2 is 1.93 bits per heavy atom. The van der Waals surface area contributed by atoms with Gasteiger partial charge in [0.05, 0.1) is 0 Å². The molecule has 0 saturated carbocycles. The maximum absolute atomic E-state index is 14.3. The average molecular weight is 448 g/mol. The van der Waals surface area contributed by atoms with Gasteiger partial charge in [0.1, 0.15) is 22.8 Å². The molecule has 1 atom stereocenters. The van der Waals surface area contributed by atoms with Gasteiger partial charge in [-0.2, -0.15) is 13.2 Å².